The number of carboxylic acids is 1. The van der Waals surface area contributed by atoms with Gasteiger partial charge < -0.3 is 14.3 Å². The number of carboxylic acid groups (broad SMARTS) is 1. The number of benzene rings is 1. The van der Waals surface area contributed by atoms with Crippen molar-refractivity contribution in [2.75, 3.05) is 6.61 Å². The second kappa shape index (κ2) is 5.56. The van der Waals surface area contributed by atoms with E-state index < -0.39 is 17.7 Å². The Morgan fingerprint density at radius 2 is 2.11 bits per heavy atom. The van der Waals surface area contributed by atoms with Crippen molar-refractivity contribution in [3.63, 3.8) is 0 Å². The van der Waals surface area contributed by atoms with Crippen molar-refractivity contribution in [2.45, 2.75) is 12.8 Å². The molecule has 0 aliphatic carbocycles. The molecular weight excluding hydrogens is 251 g/mol. The molecule has 2 rings (SSSR count). The molecule has 1 unspecified atom stereocenters. The second-order valence-corrected chi connectivity index (χ2v) is 4.08. The molecule has 1 N–H and O–H groups in total. The summed E-state index contributed by atoms with van der Waals surface area (Å²) in [6.07, 6.45) is 0. The number of aliphatic carboxylic acids is 1. The van der Waals surface area contributed by atoms with Crippen LogP contribution in [0.2, 0.25) is 0 Å². The molecule has 2 aromatic rings. The number of ether oxygens (including phenoxy) is 1. The minimum Gasteiger partial charge on any atom is -0.489 e. The monoisotopic (exact) mass is 264 g/mol. The Kier molecular flexibility index (Phi) is 3.85. The van der Waals surface area contributed by atoms with E-state index in [-0.39, 0.29) is 12.4 Å². The van der Waals surface area contributed by atoms with E-state index in [4.69, 9.17) is 14.3 Å². The van der Waals surface area contributed by atoms with Gasteiger partial charge >= 0.3 is 5.97 Å². The van der Waals surface area contributed by atoms with Crippen molar-refractivity contribution in [1.29, 1.82) is 0 Å². The van der Waals surface area contributed by atoms with E-state index in [1.165, 1.54) is 18.2 Å². The van der Waals surface area contributed by atoms with E-state index in [0.29, 0.717) is 11.5 Å². The molecule has 0 fully saturated rings. The molecule has 0 aliphatic heterocycles. The third kappa shape index (κ3) is 3.13. The third-order valence-electron chi connectivity index (χ3n) is 2.64. The quantitative estimate of drug-likeness (QED) is 0.901. The fraction of sp³-hybridized carbons (Fsp3) is 0.214. The maximum absolute atomic E-state index is 13.4. The van der Waals surface area contributed by atoms with Crippen LogP contribution in [0.25, 0.3) is 0 Å². The minimum absolute atomic E-state index is 0.0250. The maximum Gasteiger partial charge on any atom is 0.317 e. The standard InChI is InChI=1S/C14H13FO4/c1-9-6-7-12(19-9)10(14(16)17)8-18-13-5-3-2-4-11(13)15/h2-7,10H,8H2,1H3,(H,16,17). The lowest BCUT2D eigenvalue weighted by Crippen LogP contribution is -2.19. The highest BCUT2D eigenvalue weighted by molar-refractivity contribution is 5.75. The van der Waals surface area contributed by atoms with E-state index in [0.717, 1.165) is 0 Å². The molecule has 1 aromatic heterocycles. The molecule has 100 valence electrons. The molecule has 19 heavy (non-hydrogen) atoms. The summed E-state index contributed by atoms with van der Waals surface area (Å²) >= 11 is 0. The van der Waals surface area contributed by atoms with Crippen molar-refractivity contribution in [2.24, 2.45) is 0 Å². The minimum atomic E-state index is -1.08. The molecule has 5 heteroatoms. The molecule has 0 bridgehead atoms. The highest BCUT2D eigenvalue weighted by atomic mass is 19.1. The molecule has 0 radical (unpaired) electrons. The van der Waals surface area contributed by atoms with Crippen LogP contribution in [0.5, 0.6) is 5.75 Å². The first-order valence-electron chi connectivity index (χ1n) is 5.74. The van der Waals surface area contributed by atoms with Crippen LogP contribution in [0.15, 0.2) is 40.8 Å². The molecule has 0 amide bonds. The summed E-state index contributed by atoms with van der Waals surface area (Å²) in [5.41, 5.74) is 0. The SMILES string of the molecule is Cc1ccc(C(COc2ccccc2F)C(=O)O)o1. The summed E-state index contributed by atoms with van der Waals surface area (Å²) in [4.78, 5) is 11.2. The van der Waals surface area contributed by atoms with Crippen LogP contribution in [-0.2, 0) is 4.79 Å². The number of furan rings is 1. The Bertz CT molecular complexity index is 576. The summed E-state index contributed by atoms with van der Waals surface area (Å²) in [5.74, 6) is -1.63. The number of hydrogen-bond acceptors (Lipinski definition) is 3. The molecule has 1 heterocycles. The zero-order valence-electron chi connectivity index (χ0n) is 10.3. The smallest absolute Gasteiger partial charge is 0.317 e. The molecule has 0 aliphatic rings. The zero-order valence-corrected chi connectivity index (χ0v) is 10.3. The van der Waals surface area contributed by atoms with E-state index in [1.807, 2.05) is 0 Å². The van der Waals surface area contributed by atoms with Crippen LogP contribution < -0.4 is 4.74 Å². The number of hydrogen-bond donors (Lipinski definition) is 1. The Hall–Kier alpha value is -2.30. The van der Waals surface area contributed by atoms with Crippen molar-refractivity contribution >= 4 is 5.97 Å². The van der Waals surface area contributed by atoms with Crippen LogP contribution in [-0.4, -0.2) is 17.7 Å². The van der Waals surface area contributed by atoms with Gasteiger partial charge in [0, 0.05) is 0 Å². The fourth-order valence-corrected chi connectivity index (χ4v) is 1.65. The first-order chi connectivity index (χ1) is 9.08. The summed E-state index contributed by atoms with van der Waals surface area (Å²) in [6, 6.07) is 9.11. The number of aryl methyl sites for hydroxylation is 1. The summed E-state index contributed by atoms with van der Waals surface area (Å²) in [6.45, 7) is 1.53. The molecule has 1 aromatic carbocycles. The summed E-state index contributed by atoms with van der Waals surface area (Å²) in [5, 5.41) is 9.15. The van der Waals surface area contributed by atoms with Gasteiger partial charge in [0.25, 0.3) is 0 Å². The molecule has 0 saturated carbocycles. The Balaban J connectivity index is 2.10. The van der Waals surface area contributed by atoms with Gasteiger partial charge in [-0.1, -0.05) is 12.1 Å². The van der Waals surface area contributed by atoms with Gasteiger partial charge in [-0.25, -0.2) is 4.39 Å². The lowest BCUT2D eigenvalue weighted by atomic mass is 10.1. The molecule has 0 spiro atoms. The van der Waals surface area contributed by atoms with Crippen molar-refractivity contribution in [1.82, 2.24) is 0 Å². The third-order valence-corrected chi connectivity index (χ3v) is 2.64. The highest BCUT2D eigenvalue weighted by Crippen LogP contribution is 2.22. The predicted octanol–water partition coefficient (Wildman–Crippen LogP) is 2.97. The van der Waals surface area contributed by atoms with Gasteiger partial charge in [0.05, 0.1) is 0 Å². The topological polar surface area (TPSA) is 59.7 Å². The number of para-hydroxylation sites is 1. The van der Waals surface area contributed by atoms with Crippen LogP contribution in [0.1, 0.15) is 17.4 Å². The van der Waals surface area contributed by atoms with Crippen LogP contribution in [0.3, 0.4) is 0 Å². The normalized spacial score (nSPS) is 12.1. The largest absolute Gasteiger partial charge is 0.489 e. The summed E-state index contributed by atoms with van der Waals surface area (Å²) in [7, 11) is 0. The van der Waals surface area contributed by atoms with Crippen LogP contribution >= 0.6 is 0 Å². The van der Waals surface area contributed by atoms with Gasteiger partial charge in [-0.3, -0.25) is 4.79 Å². The Morgan fingerprint density at radius 3 is 2.68 bits per heavy atom. The fourth-order valence-electron chi connectivity index (χ4n) is 1.65. The number of rotatable bonds is 5. The van der Waals surface area contributed by atoms with Crippen LogP contribution in [0, 0.1) is 12.7 Å². The number of halogens is 1. The Labute approximate surface area is 109 Å². The van der Waals surface area contributed by atoms with Gasteiger partial charge in [-0.15, -0.1) is 0 Å². The van der Waals surface area contributed by atoms with E-state index >= 15 is 0 Å². The zero-order chi connectivity index (χ0) is 13.8. The molecule has 0 saturated heterocycles. The van der Waals surface area contributed by atoms with Gasteiger partial charge in [-0.05, 0) is 31.2 Å². The van der Waals surface area contributed by atoms with Crippen molar-refractivity contribution in [3.8, 4) is 5.75 Å². The summed E-state index contributed by atoms with van der Waals surface area (Å²) < 4.78 is 23.8. The first-order valence-corrected chi connectivity index (χ1v) is 5.74. The lowest BCUT2D eigenvalue weighted by molar-refractivity contribution is -0.140. The van der Waals surface area contributed by atoms with Crippen molar-refractivity contribution in [3.05, 3.63) is 53.7 Å². The lowest BCUT2D eigenvalue weighted by Gasteiger charge is -2.12. The van der Waals surface area contributed by atoms with Crippen molar-refractivity contribution < 1.29 is 23.4 Å². The van der Waals surface area contributed by atoms with Gasteiger partial charge in [0.15, 0.2) is 11.6 Å². The molecular formula is C14H13FO4. The molecule has 1 atom stereocenters. The average Bonchev–Trinajstić information content (AvgIpc) is 2.78. The highest BCUT2D eigenvalue weighted by Gasteiger charge is 2.24. The number of carbonyl (C=O) groups is 1. The van der Waals surface area contributed by atoms with Gasteiger partial charge in [-0.2, -0.15) is 0 Å². The first kappa shape index (κ1) is 13.1. The Morgan fingerprint density at radius 1 is 1.37 bits per heavy atom. The van der Waals surface area contributed by atoms with E-state index in [1.54, 1.807) is 25.1 Å². The predicted molar refractivity (Wildman–Crippen MR) is 65.7 cm³/mol. The van der Waals surface area contributed by atoms with Gasteiger partial charge in [0.1, 0.15) is 24.0 Å². The molecule has 4 nitrogen and oxygen atoms in total. The average molecular weight is 264 g/mol. The maximum atomic E-state index is 13.4. The van der Waals surface area contributed by atoms with E-state index in [2.05, 4.69) is 0 Å². The second-order valence-electron chi connectivity index (χ2n) is 4.08. The van der Waals surface area contributed by atoms with Crippen LogP contribution in [0.4, 0.5) is 4.39 Å². The van der Waals surface area contributed by atoms with E-state index in [9.17, 15) is 9.18 Å². The van der Waals surface area contributed by atoms with Gasteiger partial charge in [0.2, 0.25) is 0 Å².